The van der Waals surface area contributed by atoms with Crippen LogP contribution in [0.5, 0.6) is 0 Å². The standard InChI is InChI=1S/C4H6O6S2.H3N/c5-1(6)3(9)11-12-4(10)2(7)8;/h3-4,9-10H,(H,5,6)(H,7,8);1H3. The van der Waals surface area contributed by atoms with E-state index < -0.39 is 22.8 Å². The molecule has 0 fully saturated rings. The number of aliphatic hydroxyl groups is 2. The second-order valence-corrected chi connectivity index (χ2v) is 4.01. The van der Waals surface area contributed by atoms with E-state index in [-0.39, 0.29) is 6.15 Å². The van der Waals surface area contributed by atoms with E-state index in [9.17, 15) is 9.59 Å². The fourth-order valence-corrected chi connectivity index (χ4v) is 1.69. The Bertz CT molecular complexity index is 167. The third-order valence-corrected chi connectivity index (χ3v) is 2.97. The molecule has 0 saturated carbocycles. The molecule has 0 heterocycles. The number of aliphatic hydroxyl groups excluding tert-OH is 2. The molecule has 0 aromatic carbocycles. The number of rotatable bonds is 5. The van der Waals surface area contributed by atoms with Crippen LogP contribution in [0.1, 0.15) is 0 Å². The molecule has 0 radical (unpaired) electrons. The maximum atomic E-state index is 9.97. The second-order valence-electron chi connectivity index (χ2n) is 1.57. The Morgan fingerprint density at radius 1 is 0.923 bits per heavy atom. The van der Waals surface area contributed by atoms with Gasteiger partial charge in [0, 0.05) is 0 Å². The van der Waals surface area contributed by atoms with Gasteiger partial charge in [-0.25, -0.2) is 9.59 Å². The van der Waals surface area contributed by atoms with Crippen LogP contribution in [0.25, 0.3) is 0 Å². The van der Waals surface area contributed by atoms with Gasteiger partial charge in [0.15, 0.2) is 0 Å². The molecule has 7 N–H and O–H groups in total. The number of aliphatic carboxylic acids is 2. The number of hydrogen-bond acceptors (Lipinski definition) is 7. The van der Waals surface area contributed by atoms with Crippen LogP contribution in [0.2, 0.25) is 0 Å². The highest BCUT2D eigenvalue weighted by Crippen LogP contribution is 2.28. The van der Waals surface area contributed by atoms with E-state index in [1.54, 1.807) is 0 Å². The molecule has 78 valence electrons. The van der Waals surface area contributed by atoms with E-state index in [1.807, 2.05) is 0 Å². The quantitative estimate of drug-likeness (QED) is 0.306. The molecule has 9 heteroatoms. The summed E-state index contributed by atoms with van der Waals surface area (Å²) in [5.74, 6) is -2.96. The molecule has 2 atom stereocenters. The zero-order valence-electron chi connectivity index (χ0n) is 6.28. The highest BCUT2D eigenvalue weighted by atomic mass is 33.1. The lowest BCUT2D eigenvalue weighted by Gasteiger charge is -2.05. The van der Waals surface area contributed by atoms with Gasteiger partial charge in [-0.3, -0.25) is 0 Å². The molecular weight excluding hydrogens is 222 g/mol. The maximum Gasteiger partial charge on any atom is 0.344 e. The third-order valence-electron chi connectivity index (χ3n) is 0.660. The summed E-state index contributed by atoms with van der Waals surface area (Å²) in [5, 5.41) is 33.4. The van der Waals surface area contributed by atoms with E-state index in [0.29, 0.717) is 21.6 Å². The van der Waals surface area contributed by atoms with Crippen LogP contribution in [-0.4, -0.2) is 43.2 Å². The first kappa shape index (κ1) is 15.0. The number of carbonyl (C=O) groups is 2. The van der Waals surface area contributed by atoms with Gasteiger partial charge in [-0.05, 0) is 21.6 Å². The summed E-state index contributed by atoms with van der Waals surface area (Å²) in [4.78, 5) is 19.9. The minimum absolute atomic E-state index is 0. The summed E-state index contributed by atoms with van der Waals surface area (Å²) in [6.07, 6.45) is 0. The van der Waals surface area contributed by atoms with Crippen LogP contribution >= 0.6 is 21.6 Å². The molecule has 0 aliphatic carbocycles. The Labute approximate surface area is 81.1 Å². The fourth-order valence-electron chi connectivity index (χ4n) is 0.188. The van der Waals surface area contributed by atoms with Gasteiger partial charge in [0.05, 0.1) is 0 Å². The van der Waals surface area contributed by atoms with Gasteiger partial charge in [-0.2, -0.15) is 0 Å². The van der Waals surface area contributed by atoms with E-state index in [2.05, 4.69) is 0 Å². The molecule has 0 amide bonds. The molecule has 0 bridgehead atoms. The average Bonchev–Trinajstić information content (AvgIpc) is 1.98. The van der Waals surface area contributed by atoms with Crippen LogP contribution in [0.15, 0.2) is 0 Å². The third kappa shape index (κ3) is 6.66. The molecule has 0 aliphatic rings. The molecule has 2 unspecified atom stereocenters. The Morgan fingerprint density at radius 2 is 1.15 bits per heavy atom. The zero-order chi connectivity index (χ0) is 9.72. The maximum absolute atomic E-state index is 9.97. The molecule has 7 nitrogen and oxygen atoms in total. The van der Waals surface area contributed by atoms with E-state index in [4.69, 9.17) is 20.4 Å². The Morgan fingerprint density at radius 3 is 1.31 bits per heavy atom. The summed E-state index contributed by atoms with van der Waals surface area (Å²) in [6.45, 7) is 0. The van der Waals surface area contributed by atoms with Crippen molar-refractivity contribution < 1.29 is 30.0 Å². The summed E-state index contributed by atoms with van der Waals surface area (Å²) in [5.41, 5.74) is -3.46. The lowest BCUT2D eigenvalue weighted by Crippen LogP contribution is -2.17. The summed E-state index contributed by atoms with van der Waals surface area (Å²) in [7, 11) is 0.726. The molecule has 0 aliphatic heterocycles. The van der Waals surface area contributed by atoms with Crippen LogP contribution in [0, 0.1) is 0 Å². The van der Waals surface area contributed by atoms with Crippen molar-refractivity contribution in [2.24, 2.45) is 0 Å². The van der Waals surface area contributed by atoms with Crippen LogP contribution in [0.4, 0.5) is 0 Å². The largest absolute Gasteiger partial charge is 0.479 e. The van der Waals surface area contributed by atoms with Crippen LogP contribution in [-0.2, 0) is 9.59 Å². The van der Waals surface area contributed by atoms with Crippen molar-refractivity contribution in [1.82, 2.24) is 6.15 Å². The molecule has 0 spiro atoms. The lowest BCUT2D eigenvalue weighted by molar-refractivity contribution is -0.142. The average molecular weight is 231 g/mol. The van der Waals surface area contributed by atoms with Crippen molar-refractivity contribution in [3.8, 4) is 0 Å². The Hall–Kier alpha value is -0.480. The van der Waals surface area contributed by atoms with E-state index >= 15 is 0 Å². The van der Waals surface area contributed by atoms with Crippen molar-refractivity contribution in [3.63, 3.8) is 0 Å². The van der Waals surface area contributed by atoms with Crippen molar-refractivity contribution in [1.29, 1.82) is 0 Å². The summed E-state index contributed by atoms with van der Waals surface area (Å²) in [6, 6.07) is 0. The first-order valence-corrected chi connectivity index (χ1v) is 4.86. The van der Waals surface area contributed by atoms with Crippen molar-refractivity contribution in [2.45, 2.75) is 10.9 Å². The van der Waals surface area contributed by atoms with E-state index in [0.717, 1.165) is 0 Å². The summed E-state index contributed by atoms with van der Waals surface area (Å²) >= 11 is 0. The normalized spacial score (nSPS) is 14.0. The van der Waals surface area contributed by atoms with Gasteiger partial charge in [-0.15, -0.1) is 0 Å². The minimum atomic E-state index is -1.73. The van der Waals surface area contributed by atoms with Crippen LogP contribution < -0.4 is 6.15 Å². The first-order chi connectivity index (χ1) is 5.45. The lowest BCUT2D eigenvalue weighted by atomic mass is 10.7. The molecule has 0 rings (SSSR count). The molecule has 0 saturated heterocycles. The number of carboxylic acids is 2. The van der Waals surface area contributed by atoms with Gasteiger partial charge in [0.2, 0.25) is 10.9 Å². The molecule has 13 heavy (non-hydrogen) atoms. The fraction of sp³-hybridized carbons (Fsp3) is 0.500. The highest BCUT2D eigenvalue weighted by Gasteiger charge is 2.20. The van der Waals surface area contributed by atoms with Gasteiger partial charge >= 0.3 is 11.9 Å². The predicted molar refractivity (Wildman–Crippen MR) is 47.5 cm³/mol. The number of carboxylic acid groups (broad SMARTS) is 2. The monoisotopic (exact) mass is 231 g/mol. The Kier molecular flexibility index (Phi) is 8.05. The van der Waals surface area contributed by atoms with Gasteiger partial charge < -0.3 is 26.6 Å². The smallest absolute Gasteiger partial charge is 0.344 e. The molecule has 0 aromatic heterocycles. The van der Waals surface area contributed by atoms with Crippen molar-refractivity contribution in [3.05, 3.63) is 0 Å². The molecular formula is C4H9NO6S2. The molecule has 0 aromatic rings. The van der Waals surface area contributed by atoms with Crippen LogP contribution in [0.3, 0.4) is 0 Å². The SMILES string of the molecule is N.O=C(O)C(O)SSC(O)C(=O)O. The van der Waals surface area contributed by atoms with Gasteiger partial charge in [0.25, 0.3) is 0 Å². The van der Waals surface area contributed by atoms with Gasteiger partial charge in [0.1, 0.15) is 0 Å². The zero-order valence-corrected chi connectivity index (χ0v) is 7.92. The minimum Gasteiger partial charge on any atom is -0.479 e. The first-order valence-electron chi connectivity index (χ1n) is 2.59. The highest BCUT2D eigenvalue weighted by molar-refractivity contribution is 8.77. The topological polar surface area (TPSA) is 150 Å². The summed E-state index contributed by atoms with van der Waals surface area (Å²) < 4.78 is 0. The second kappa shape index (κ2) is 6.97. The Balaban J connectivity index is 0. The van der Waals surface area contributed by atoms with Crippen molar-refractivity contribution >= 4 is 33.5 Å². The number of hydrogen-bond donors (Lipinski definition) is 5. The van der Waals surface area contributed by atoms with E-state index in [1.165, 1.54) is 0 Å². The predicted octanol–water partition coefficient (Wildman–Crippen LogP) is -0.664. The van der Waals surface area contributed by atoms with Gasteiger partial charge in [-0.1, -0.05) is 0 Å². The van der Waals surface area contributed by atoms with Crippen molar-refractivity contribution in [2.75, 3.05) is 0 Å².